The van der Waals surface area contributed by atoms with E-state index in [0.717, 1.165) is 46.6 Å². The average Bonchev–Trinajstić information content (AvgIpc) is 3.29. The molecule has 1 N–H and O–H groups in total. The Morgan fingerprint density at radius 2 is 1.82 bits per heavy atom. The molecule has 4 rings (SSSR count). The van der Waals surface area contributed by atoms with Crippen LogP contribution < -0.4 is 10.2 Å². The van der Waals surface area contributed by atoms with Crippen molar-refractivity contribution in [3.8, 4) is 0 Å². The van der Waals surface area contributed by atoms with E-state index in [2.05, 4.69) is 29.3 Å². The molecule has 0 saturated heterocycles. The Labute approximate surface area is 206 Å². The van der Waals surface area contributed by atoms with E-state index in [0.29, 0.717) is 13.0 Å². The Hall–Kier alpha value is -3.12. The third-order valence-electron chi connectivity index (χ3n) is 6.62. The van der Waals surface area contributed by atoms with Gasteiger partial charge in [-0.3, -0.25) is 9.59 Å². The molecule has 1 fully saturated rings. The molecular formula is C28H33N3O2S. The van der Waals surface area contributed by atoms with Gasteiger partial charge in [0.15, 0.2) is 0 Å². The summed E-state index contributed by atoms with van der Waals surface area (Å²) in [5.74, 6) is 0.310. The first-order valence-electron chi connectivity index (χ1n) is 11.9. The van der Waals surface area contributed by atoms with Gasteiger partial charge in [0, 0.05) is 42.8 Å². The van der Waals surface area contributed by atoms with Crippen molar-refractivity contribution in [1.82, 2.24) is 4.90 Å². The van der Waals surface area contributed by atoms with Gasteiger partial charge in [-0.15, -0.1) is 11.3 Å². The maximum Gasteiger partial charge on any atom is 0.228 e. The van der Waals surface area contributed by atoms with Crippen molar-refractivity contribution in [1.29, 1.82) is 0 Å². The zero-order valence-corrected chi connectivity index (χ0v) is 21.0. The van der Waals surface area contributed by atoms with Crippen molar-refractivity contribution in [2.24, 2.45) is 5.92 Å². The fourth-order valence-corrected chi connectivity index (χ4v) is 5.04. The van der Waals surface area contributed by atoms with Crippen molar-refractivity contribution < 1.29 is 9.59 Å². The van der Waals surface area contributed by atoms with Gasteiger partial charge < -0.3 is 15.1 Å². The van der Waals surface area contributed by atoms with Crippen LogP contribution in [0, 0.1) is 5.92 Å². The van der Waals surface area contributed by atoms with E-state index in [-0.39, 0.29) is 23.8 Å². The monoisotopic (exact) mass is 475 g/mol. The van der Waals surface area contributed by atoms with Crippen molar-refractivity contribution in [3.05, 3.63) is 82.0 Å². The second kappa shape index (κ2) is 10.9. The van der Waals surface area contributed by atoms with Crippen LogP contribution in [-0.4, -0.2) is 30.8 Å². The van der Waals surface area contributed by atoms with E-state index in [4.69, 9.17) is 0 Å². The van der Waals surface area contributed by atoms with Gasteiger partial charge >= 0.3 is 0 Å². The summed E-state index contributed by atoms with van der Waals surface area (Å²) < 4.78 is 0. The maximum absolute atomic E-state index is 13.6. The first kappa shape index (κ1) is 24.0. The number of carbonyl (C=O) groups is 2. The smallest absolute Gasteiger partial charge is 0.228 e. The first-order chi connectivity index (χ1) is 16.4. The minimum Gasteiger partial charge on any atom is -0.377 e. The Morgan fingerprint density at radius 1 is 1.06 bits per heavy atom. The zero-order valence-electron chi connectivity index (χ0n) is 20.2. The van der Waals surface area contributed by atoms with Crippen molar-refractivity contribution in [3.63, 3.8) is 0 Å². The molecule has 1 atom stereocenters. The zero-order chi connectivity index (χ0) is 24.1. The first-order valence-corrected chi connectivity index (χ1v) is 12.8. The molecule has 1 saturated carbocycles. The van der Waals surface area contributed by atoms with Crippen LogP contribution >= 0.6 is 11.3 Å². The molecule has 0 aliphatic heterocycles. The summed E-state index contributed by atoms with van der Waals surface area (Å²) >= 11 is 1.61. The number of benzene rings is 2. The second-order valence-corrected chi connectivity index (χ2v) is 10.3. The Kier molecular flexibility index (Phi) is 7.68. The fraction of sp³-hybridized carbons (Fsp3) is 0.357. The summed E-state index contributed by atoms with van der Waals surface area (Å²) in [5, 5.41) is 5.10. The maximum atomic E-state index is 13.6. The predicted molar refractivity (Wildman–Crippen MR) is 140 cm³/mol. The number of amides is 2. The van der Waals surface area contributed by atoms with Crippen LogP contribution in [0.25, 0.3) is 0 Å². The van der Waals surface area contributed by atoms with Crippen molar-refractivity contribution in [2.45, 2.75) is 45.2 Å². The number of thiophene rings is 1. The molecule has 0 bridgehead atoms. The Bertz CT molecular complexity index is 1110. The largest absolute Gasteiger partial charge is 0.377 e. The SMILES string of the molecule is C[C@@H](c1ccccc1)N(Cc1cc(NC(=O)C2CCC2)ccc1N(C)C)C(=O)Cc1cccs1. The molecule has 0 radical (unpaired) electrons. The fourth-order valence-electron chi connectivity index (χ4n) is 4.34. The molecule has 1 aliphatic rings. The Balaban J connectivity index is 1.63. The highest BCUT2D eigenvalue weighted by Gasteiger charge is 2.26. The Morgan fingerprint density at radius 3 is 2.44 bits per heavy atom. The number of nitrogens with zero attached hydrogens (tertiary/aromatic N) is 2. The lowest BCUT2D eigenvalue weighted by Gasteiger charge is -2.32. The van der Waals surface area contributed by atoms with Gasteiger partial charge in [0.1, 0.15) is 0 Å². The number of rotatable bonds is 9. The van der Waals surface area contributed by atoms with Crippen LogP contribution in [-0.2, 0) is 22.6 Å². The van der Waals surface area contributed by atoms with E-state index >= 15 is 0 Å². The van der Waals surface area contributed by atoms with Gasteiger partial charge in [0.25, 0.3) is 0 Å². The third-order valence-corrected chi connectivity index (χ3v) is 7.50. The van der Waals surface area contributed by atoms with Crippen LogP contribution in [0.4, 0.5) is 11.4 Å². The van der Waals surface area contributed by atoms with Gasteiger partial charge in [-0.2, -0.15) is 0 Å². The lowest BCUT2D eigenvalue weighted by Crippen LogP contribution is -2.34. The van der Waals surface area contributed by atoms with Gasteiger partial charge in [-0.05, 0) is 60.5 Å². The highest BCUT2D eigenvalue weighted by atomic mass is 32.1. The van der Waals surface area contributed by atoms with E-state index in [1.807, 2.05) is 72.9 Å². The molecule has 1 heterocycles. The van der Waals surface area contributed by atoms with Crippen LogP contribution in [0.15, 0.2) is 66.0 Å². The van der Waals surface area contributed by atoms with Crippen molar-refractivity contribution in [2.75, 3.05) is 24.3 Å². The second-order valence-electron chi connectivity index (χ2n) is 9.22. The highest BCUT2D eigenvalue weighted by molar-refractivity contribution is 7.10. The van der Waals surface area contributed by atoms with E-state index in [1.54, 1.807) is 11.3 Å². The van der Waals surface area contributed by atoms with Gasteiger partial charge in [0.2, 0.25) is 11.8 Å². The van der Waals surface area contributed by atoms with Crippen LogP contribution in [0.3, 0.4) is 0 Å². The van der Waals surface area contributed by atoms with Gasteiger partial charge in [-0.25, -0.2) is 0 Å². The van der Waals surface area contributed by atoms with Crippen molar-refractivity contribution >= 4 is 34.5 Å². The summed E-state index contributed by atoms with van der Waals surface area (Å²) in [7, 11) is 4.01. The number of carbonyl (C=O) groups excluding carboxylic acids is 2. The summed E-state index contributed by atoms with van der Waals surface area (Å²) in [6.45, 7) is 2.54. The molecule has 1 aliphatic carbocycles. The number of hydrogen-bond donors (Lipinski definition) is 1. The summed E-state index contributed by atoms with van der Waals surface area (Å²) in [4.78, 5) is 31.2. The summed E-state index contributed by atoms with van der Waals surface area (Å²) in [5.41, 5.74) is 3.94. The molecule has 178 valence electrons. The van der Waals surface area contributed by atoms with Crippen LogP contribution in [0.1, 0.15) is 48.2 Å². The van der Waals surface area contributed by atoms with Crippen LogP contribution in [0.5, 0.6) is 0 Å². The third kappa shape index (κ3) is 5.68. The molecule has 0 unspecified atom stereocenters. The topological polar surface area (TPSA) is 52.7 Å². The van der Waals surface area contributed by atoms with Crippen LogP contribution in [0.2, 0.25) is 0 Å². The number of nitrogens with one attached hydrogen (secondary N) is 1. The molecule has 2 amide bonds. The van der Waals surface area contributed by atoms with Gasteiger partial charge in [-0.1, -0.05) is 42.8 Å². The highest BCUT2D eigenvalue weighted by Crippen LogP contribution is 2.31. The van der Waals surface area contributed by atoms with E-state index in [9.17, 15) is 9.59 Å². The predicted octanol–water partition coefficient (Wildman–Crippen LogP) is 5.89. The van der Waals surface area contributed by atoms with E-state index in [1.165, 1.54) is 0 Å². The van der Waals surface area contributed by atoms with E-state index < -0.39 is 0 Å². The molecule has 3 aromatic rings. The number of hydrogen-bond acceptors (Lipinski definition) is 4. The minimum atomic E-state index is -0.0862. The molecule has 34 heavy (non-hydrogen) atoms. The lowest BCUT2D eigenvalue weighted by molar-refractivity contribution is -0.133. The molecule has 1 aromatic heterocycles. The normalized spacial score (nSPS) is 14.2. The molecule has 5 nitrogen and oxygen atoms in total. The number of anilines is 2. The average molecular weight is 476 g/mol. The van der Waals surface area contributed by atoms with Gasteiger partial charge in [0.05, 0.1) is 12.5 Å². The molecular weight excluding hydrogens is 442 g/mol. The summed E-state index contributed by atoms with van der Waals surface area (Å²) in [6, 6.07) is 20.1. The summed E-state index contributed by atoms with van der Waals surface area (Å²) in [6.07, 6.45) is 3.44. The minimum absolute atomic E-state index is 0.0862. The standard InChI is InChI=1S/C28H33N3O2S/c1-20(21-9-5-4-6-10-21)31(27(32)18-25-13-8-16-34-25)19-23-17-24(14-15-26(23)30(2)3)29-28(33)22-11-7-12-22/h4-6,8-10,13-17,20,22H,7,11-12,18-19H2,1-3H3,(H,29,33)/t20-/m0/s1. The lowest BCUT2D eigenvalue weighted by atomic mass is 9.85. The molecule has 0 spiro atoms. The molecule has 2 aromatic carbocycles. The molecule has 6 heteroatoms. The quantitative estimate of drug-likeness (QED) is 0.420.